The largest absolute Gasteiger partial charge is 0.494 e. The van der Waals surface area contributed by atoms with Gasteiger partial charge in [-0.15, -0.1) is 0 Å². The van der Waals surface area contributed by atoms with Gasteiger partial charge in [0, 0.05) is 36.0 Å². The Hall–Kier alpha value is -2.30. The van der Waals surface area contributed by atoms with E-state index in [1.54, 1.807) is 6.07 Å². The minimum absolute atomic E-state index is 0.101. The highest BCUT2D eigenvalue weighted by atomic mass is 16.5. The van der Waals surface area contributed by atoms with Crippen LogP contribution < -0.4 is 10.3 Å². The quantitative estimate of drug-likeness (QED) is 0.575. The van der Waals surface area contributed by atoms with E-state index in [0.717, 1.165) is 29.6 Å². The van der Waals surface area contributed by atoms with Gasteiger partial charge in [0.2, 0.25) is 11.5 Å². The second-order valence-corrected chi connectivity index (χ2v) is 9.37. The van der Waals surface area contributed by atoms with Crippen LogP contribution in [-0.4, -0.2) is 35.0 Å². The lowest BCUT2D eigenvalue weighted by Gasteiger charge is -2.38. The third-order valence-electron chi connectivity index (χ3n) is 7.01. The first-order chi connectivity index (χ1) is 15.2. The fraction of sp³-hybridized carbons (Fsp3) is 0.615. The van der Waals surface area contributed by atoms with Gasteiger partial charge in [0.25, 0.3) is 0 Å². The predicted octanol–water partition coefficient (Wildman–Crippen LogP) is 5.43. The molecule has 0 unspecified atom stereocenters. The number of carbonyl (C=O) groups is 1. The predicted molar refractivity (Wildman–Crippen MR) is 124 cm³/mol. The first-order valence-corrected chi connectivity index (χ1v) is 12.2. The fourth-order valence-corrected chi connectivity index (χ4v) is 5.27. The summed E-state index contributed by atoms with van der Waals surface area (Å²) in [7, 11) is 0. The molecule has 5 heteroatoms. The van der Waals surface area contributed by atoms with E-state index < -0.39 is 0 Å². The monoisotopic (exact) mass is 424 g/mol. The van der Waals surface area contributed by atoms with Crippen LogP contribution in [0.2, 0.25) is 0 Å². The average molecular weight is 425 g/mol. The van der Waals surface area contributed by atoms with E-state index in [4.69, 9.17) is 4.74 Å². The van der Waals surface area contributed by atoms with Crippen LogP contribution in [0.1, 0.15) is 77.0 Å². The van der Waals surface area contributed by atoms with Gasteiger partial charge in [-0.1, -0.05) is 38.5 Å². The molecule has 2 saturated carbocycles. The van der Waals surface area contributed by atoms with Crippen molar-refractivity contribution in [2.75, 3.05) is 13.2 Å². The Morgan fingerprint density at radius 1 is 0.968 bits per heavy atom. The van der Waals surface area contributed by atoms with Crippen LogP contribution in [0, 0.1) is 5.92 Å². The number of aromatic amines is 1. The molecule has 1 aromatic carbocycles. The van der Waals surface area contributed by atoms with Gasteiger partial charge < -0.3 is 14.6 Å². The SMILES string of the molecule is O=C(CCCOc1ccc2[nH]c(=O)ccc2c1)N(CC1CCCCC1)C1CCCCC1. The van der Waals surface area contributed by atoms with Crippen LogP contribution in [0.5, 0.6) is 5.75 Å². The Balaban J connectivity index is 1.29. The fourth-order valence-electron chi connectivity index (χ4n) is 5.27. The van der Waals surface area contributed by atoms with Crippen molar-refractivity contribution in [1.29, 1.82) is 0 Å². The van der Waals surface area contributed by atoms with Crippen molar-refractivity contribution in [2.24, 2.45) is 5.92 Å². The van der Waals surface area contributed by atoms with Gasteiger partial charge in [0.1, 0.15) is 5.75 Å². The molecular weight excluding hydrogens is 388 g/mol. The van der Waals surface area contributed by atoms with Crippen LogP contribution in [-0.2, 0) is 4.79 Å². The molecule has 0 radical (unpaired) electrons. The van der Waals surface area contributed by atoms with Crippen LogP contribution in [0.15, 0.2) is 35.1 Å². The summed E-state index contributed by atoms with van der Waals surface area (Å²) in [4.78, 5) is 29.7. The highest BCUT2D eigenvalue weighted by Crippen LogP contribution is 2.29. The zero-order valence-electron chi connectivity index (χ0n) is 18.6. The first-order valence-electron chi connectivity index (χ1n) is 12.2. The number of rotatable bonds is 8. The second-order valence-electron chi connectivity index (χ2n) is 9.37. The summed E-state index contributed by atoms with van der Waals surface area (Å²) in [5.74, 6) is 1.79. The number of benzene rings is 1. The van der Waals surface area contributed by atoms with Crippen molar-refractivity contribution >= 4 is 16.8 Å². The molecule has 0 spiro atoms. The Labute approximate surface area is 185 Å². The number of hydrogen-bond donors (Lipinski definition) is 1. The normalized spacial score (nSPS) is 18.2. The summed E-state index contributed by atoms with van der Waals surface area (Å²) in [6, 6.07) is 9.45. The molecular formula is C26H36N2O3. The first kappa shape index (κ1) is 21.9. The number of hydrogen-bond acceptors (Lipinski definition) is 3. The number of ether oxygens (including phenoxy) is 1. The molecule has 2 aliphatic carbocycles. The maximum atomic E-state index is 13.2. The van der Waals surface area contributed by atoms with Gasteiger partial charge in [0.15, 0.2) is 0 Å². The minimum Gasteiger partial charge on any atom is -0.494 e. The number of nitrogens with one attached hydrogen (secondary N) is 1. The van der Waals surface area contributed by atoms with Gasteiger partial charge >= 0.3 is 0 Å². The molecule has 0 aliphatic heterocycles. The molecule has 2 aliphatic rings. The van der Waals surface area contributed by atoms with E-state index in [1.165, 1.54) is 70.3 Å². The van der Waals surface area contributed by atoms with Crippen LogP contribution in [0.3, 0.4) is 0 Å². The van der Waals surface area contributed by atoms with Crippen molar-refractivity contribution in [3.8, 4) is 5.75 Å². The van der Waals surface area contributed by atoms with Crippen LogP contribution in [0.25, 0.3) is 10.9 Å². The smallest absolute Gasteiger partial charge is 0.248 e. The topological polar surface area (TPSA) is 62.4 Å². The third-order valence-corrected chi connectivity index (χ3v) is 7.01. The molecule has 168 valence electrons. The van der Waals surface area contributed by atoms with Gasteiger partial charge in [0.05, 0.1) is 6.61 Å². The lowest BCUT2D eigenvalue weighted by Crippen LogP contribution is -2.44. The van der Waals surface area contributed by atoms with Crippen molar-refractivity contribution in [1.82, 2.24) is 9.88 Å². The number of carbonyl (C=O) groups excluding carboxylic acids is 1. The van der Waals surface area contributed by atoms with E-state index in [0.29, 0.717) is 30.9 Å². The Kier molecular flexibility index (Phi) is 7.66. The van der Waals surface area contributed by atoms with Crippen LogP contribution in [0.4, 0.5) is 0 Å². The summed E-state index contributed by atoms with van der Waals surface area (Å²) in [5, 5.41) is 0.948. The average Bonchev–Trinajstić information content (AvgIpc) is 2.81. The standard InChI is InChI=1S/C26H36N2O3/c29-25-16-13-21-18-23(14-15-24(21)27-25)31-17-7-12-26(30)28(22-10-5-2-6-11-22)19-20-8-3-1-4-9-20/h13-16,18,20,22H,1-12,17,19H2,(H,27,29). The molecule has 0 bridgehead atoms. The van der Waals surface area contributed by atoms with E-state index in [-0.39, 0.29) is 5.56 Å². The lowest BCUT2D eigenvalue weighted by atomic mass is 9.87. The zero-order valence-corrected chi connectivity index (χ0v) is 18.6. The van der Waals surface area contributed by atoms with E-state index in [9.17, 15) is 9.59 Å². The Morgan fingerprint density at radius 2 is 1.71 bits per heavy atom. The molecule has 5 nitrogen and oxygen atoms in total. The number of H-pyrrole nitrogens is 1. The van der Waals surface area contributed by atoms with Gasteiger partial charge in [-0.05, 0) is 62.3 Å². The van der Waals surface area contributed by atoms with Gasteiger partial charge in [-0.2, -0.15) is 0 Å². The molecule has 0 atom stereocenters. The second kappa shape index (κ2) is 10.8. The maximum absolute atomic E-state index is 13.2. The maximum Gasteiger partial charge on any atom is 0.248 e. The number of aromatic nitrogens is 1. The summed E-state index contributed by atoms with van der Waals surface area (Å²) < 4.78 is 5.91. The zero-order chi connectivity index (χ0) is 21.5. The summed E-state index contributed by atoms with van der Waals surface area (Å²) in [6.07, 6.45) is 14.1. The van der Waals surface area contributed by atoms with E-state index >= 15 is 0 Å². The highest BCUT2D eigenvalue weighted by Gasteiger charge is 2.28. The molecule has 1 amide bonds. The summed E-state index contributed by atoms with van der Waals surface area (Å²) in [5.41, 5.74) is 0.705. The van der Waals surface area contributed by atoms with Crippen molar-refractivity contribution in [2.45, 2.75) is 83.1 Å². The van der Waals surface area contributed by atoms with Crippen molar-refractivity contribution in [3.63, 3.8) is 0 Å². The molecule has 2 aromatic rings. The molecule has 4 rings (SSSR count). The number of amides is 1. The molecule has 0 saturated heterocycles. The van der Waals surface area contributed by atoms with Gasteiger partial charge in [-0.25, -0.2) is 0 Å². The third kappa shape index (κ3) is 6.11. The van der Waals surface area contributed by atoms with E-state index in [2.05, 4.69) is 9.88 Å². The van der Waals surface area contributed by atoms with Crippen molar-refractivity contribution in [3.05, 3.63) is 40.7 Å². The molecule has 1 N–H and O–H groups in total. The molecule has 31 heavy (non-hydrogen) atoms. The number of nitrogens with zero attached hydrogens (tertiary/aromatic N) is 1. The molecule has 1 heterocycles. The summed E-state index contributed by atoms with van der Waals surface area (Å²) >= 11 is 0. The molecule has 1 aromatic heterocycles. The highest BCUT2D eigenvalue weighted by molar-refractivity contribution is 5.79. The van der Waals surface area contributed by atoms with Crippen LogP contribution >= 0.6 is 0 Å². The summed E-state index contributed by atoms with van der Waals surface area (Å²) in [6.45, 7) is 1.50. The number of fused-ring (bicyclic) bond motifs is 1. The van der Waals surface area contributed by atoms with Gasteiger partial charge in [-0.3, -0.25) is 9.59 Å². The Morgan fingerprint density at radius 3 is 2.48 bits per heavy atom. The molecule has 2 fully saturated rings. The Bertz CT molecular complexity index is 910. The lowest BCUT2D eigenvalue weighted by molar-refractivity contribution is -0.135. The van der Waals surface area contributed by atoms with E-state index in [1.807, 2.05) is 18.2 Å². The number of pyridine rings is 1. The minimum atomic E-state index is -0.101. The van der Waals surface area contributed by atoms with Crippen molar-refractivity contribution < 1.29 is 9.53 Å².